The molecule has 5 nitrogen and oxygen atoms in total. The molecule has 2 aliphatic rings. The van der Waals surface area contributed by atoms with E-state index in [4.69, 9.17) is 4.74 Å². The van der Waals surface area contributed by atoms with Crippen molar-refractivity contribution in [2.45, 2.75) is 44.1 Å². The number of hydrogen-bond donors (Lipinski definition) is 2. The summed E-state index contributed by atoms with van der Waals surface area (Å²) in [5.41, 5.74) is 2.89. The molecule has 0 radical (unpaired) electrons. The minimum atomic E-state index is 0. The van der Waals surface area contributed by atoms with Gasteiger partial charge in [0, 0.05) is 43.6 Å². The highest BCUT2D eigenvalue weighted by Crippen LogP contribution is 2.36. The van der Waals surface area contributed by atoms with Crippen molar-refractivity contribution >= 4 is 41.3 Å². The second-order valence-corrected chi connectivity index (χ2v) is 9.77. The molecule has 2 N–H and O–H groups in total. The zero-order valence-electron chi connectivity index (χ0n) is 19.3. The van der Waals surface area contributed by atoms with E-state index in [-0.39, 0.29) is 29.4 Å². The highest BCUT2D eigenvalue weighted by molar-refractivity contribution is 14.0. The lowest BCUT2D eigenvalue weighted by Crippen LogP contribution is -2.49. The van der Waals surface area contributed by atoms with Crippen molar-refractivity contribution in [3.63, 3.8) is 0 Å². The number of rotatable bonds is 7. The number of guanidine groups is 1. The molecule has 2 fully saturated rings. The fraction of sp³-hybridized carbons (Fsp3) is 0.560. The van der Waals surface area contributed by atoms with Crippen LogP contribution in [0.2, 0.25) is 0 Å². The molecule has 0 bridgehead atoms. The first kappa shape index (κ1) is 25.5. The number of halogens is 1. The largest absolute Gasteiger partial charge is 0.381 e. The molecule has 3 heterocycles. The molecular formula is C25H37IN4OS. The molecule has 1 aromatic carbocycles. The summed E-state index contributed by atoms with van der Waals surface area (Å²) < 4.78 is 5.72. The van der Waals surface area contributed by atoms with Gasteiger partial charge in [0.25, 0.3) is 0 Å². The lowest BCUT2D eigenvalue weighted by Gasteiger charge is -2.39. The van der Waals surface area contributed by atoms with E-state index < -0.39 is 0 Å². The maximum atomic E-state index is 5.72. The van der Waals surface area contributed by atoms with Crippen molar-refractivity contribution in [1.82, 2.24) is 15.5 Å². The van der Waals surface area contributed by atoms with Crippen LogP contribution in [0.15, 0.2) is 46.8 Å². The Kier molecular flexibility index (Phi) is 9.82. The number of ether oxygens (including phenoxy) is 1. The number of thiophene rings is 1. The number of nitrogens with one attached hydrogen (secondary N) is 2. The van der Waals surface area contributed by atoms with Crippen LogP contribution in [0.4, 0.5) is 0 Å². The number of nitrogens with zero attached hydrogens (tertiary/aromatic N) is 2. The number of hydrogen-bond acceptors (Lipinski definition) is 4. The normalized spacial score (nSPS) is 19.9. The minimum absolute atomic E-state index is 0. The summed E-state index contributed by atoms with van der Waals surface area (Å²) in [6.45, 7) is 7.98. The zero-order valence-corrected chi connectivity index (χ0v) is 22.5. The Morgan fingerprint density at radius 3 is 2.53 bits per heavy atom. The Balaban J connectivity index is 0.00000289. The molecule has 7 heteroatoms. The third kappa shape index (κ3) is 6.04. The van der Waals surface area contributed by atoms with Crippen molar-refractivity contribution in [3.8, 4) is 0 Å². The highest BCUT2D eigenvalue weighted by Gasteiger charge is 2.35. The molecule has 2 aliphatic heterocycles. The van der Waals surface area contributed by atoms with Crippen molar-refractivity contribution in [2.24, 2.45) is 4.99 Å². The molecule has 176 valence electrons. The summed E-state index contributed by atoms with van der Waals surface area (Å²) in [5, 5.41) is 9.48. The first-order valence-corrected chi connectivity index (χ1v) is 12.5. The van der Waals surface area contributed by atoms with E-state index >= 15 is 0 Å². The van der Waals surface area contributed by atoms with Crippen molar-refractivity contribution in [1.29, 1.82) is 0 Å². The van der Waals surface area contributed by atoms with Gasteiger partial charge in [0.15, 0.2) is 5.96 Å². The molecule has 0 spiro atoms. The molecule has 1 atom stereocenters. The van der Waals surface area contributed by atoms with Crippen molar-refractivity contribution in [2.75, 3.05) is 46.4 Å². The third-order valence-electron chi connectivity index (χ3n) is 6.90. The summed E-state index contributed by atoms with van der Waals surface area (Å²) in [6.07, 6.45) is 4.67. The van der Waals surface area contributed by atoms with Gasteiger partial charge in [-0.05, 0) is 68.3 Å². The topological polar surface area (TPSA) is 48.9 Å². The van der Waals surface area contributed by atoms with E-state index in [0.29, 0.717) is 6.04 Å². The van der Waals surface area contributed by atoms with Gasteiger partial charge in [-0.15, -0.1) is 35.3 Å². The molecule has 2 saturated heterocycles. The van der Waals surface area contributed by atoms with Gasteiger partial charge in [-0.3, -0.25) is 9.89 Å². The summed E-state index contributed by atoms with van der Waals surface area (Å²) in [6, 6.07) is 13.6. The first-order valence-electron chi connectivity index (χ1n) is 11.6. The Morgan fingerprint density at radius 1 is 1.12 bits per heavy atom. The van der Waals surface area contributed by atoms with Gasteiger partial charge in [0.05, 0.1) is 6.04 Å². The molecule has 0 amide bonds. The van der Waals surface area contributed by atoms with E-state index in [1.807, 2.05) is 18.4 Å². The van der Waals surface area contributed by atoms with Gasteiger partial charge < -0.3 is 15.4 Å². The standard InChI is InChI=1S/C25H36N4OS.HI/c1-20-8-3-4-9-21(20)25(11-15-30-16-12-25)19-28-24(26-2)27-18-22(23-10-7-17-31-23)29-13-5-6-14-29;/h3-4,7-10,17,22H,5-6,11-16,18-19H2,1-2H3,(H2,26,27,28);1H. The quantitative estimate of drug-likeness (QED) is 0.288. The van der Waals surface area contributed by atoms with Crippen LogP contribution < -0.4 is 10.6 Å². The van der Waals surface area contributed by atoms with E-state index in [1.165, 1.54) is 41.9 Å². The number of aliphatic imine (C=N–C) groups is 1. The first-order chi connectivity index (χ1) is 15.2. The van der Waals surface area contributed by atoms with Gasteiger partial charge >= 0.3 is 0 Å². The SMILES string of the molecule is CN=C(NCC(c1cccs1)N1CCCC1)NCC1(c2ccccc2C)CCOCC1.I. The summed E-state index contributed by atoms with van der Waals surface area (Å²) in [5.74, 6) is 0.889. The van der Waals surface area contributed by atoms with Crippen LogP contribution in [0.25, 0.3) is 0 Å². The molecule has 32 heavy (non-hydrogen) atoms. The fourth-order valence-electron chi connectivity index (χ4n) is 5.08. The van der Waals surface area contributed by atoms with E-state index in [0.717, 1.165) is 45.1 Å². The fourth-order valence-corrected chi connectivity index (χ4v) is 5.94. The Morgan fingerprint density at radius 2 is 1.88 bits per heavy atom. The Hall–Kier alpha value is -1.16. The Bertz CT molecular complexity index is 845. The third-order valence-corrected chi connectivity index (χ3v) is 7.87. The lowest BCUT2D eigenvalue weighted by molar-refractivity contribution is 0.0511. The Labute approximate surface area is 214 Å². The van der Waals surface area contributed by atoms with Crippen LogP contribution in [0.5, 0.6) is 0 Å². The highest BCUT2D eigenvalue weighted by atomic mass is 127. The average Bonchev–Trinajstić information content (AvgIpc) is 3.52. The maximum absolute atomic E-state index is 5.72. The van der Waals surface area contributed by atoms with Gasteiger partial charge in [-0.1, -0.05) is 30.3 Å². The summed E-state index contributed by atoms with van der Waals surface area (Å²) in [4.78, 5) is 8.59. The number of likely N-dealkylation sites (tertiary alicyclic amines) is 1. The van der Waals surface area contributed by atoms with E-state index in [1.54, 1.807) is 0 Å². The van der Waals surface area contributed by atoms with Gasteiger partial charge in [0.1, 0.15) is 0 Å². The monoisotopic (exact) mass is 568 g/mol. The van der Waals surface area contributed by atoms with Crippen LogP contribution >= 0.6 is 35.3 Å². The second kappa shape index (κ2) is 12.3. The van der Waals surface area contributed by atoms with Crippen LogP contribution in [0.3, 0.4) is 0 Å². The molecule has 1 unspecified atom stereocenters. The molecule has 2 aromatic rings. The average molecular weight is 569 g/mol. The summed E-state index contributed by atoms with van der Waals surface area (Å²) >= 11 is 1.86. The molecular weight excluding hydrogens is 531 g/mol. The van der Waals surface area contributed by atoms with E-state index in [2.05, 4.69) is 69.2 Å². The lowest BCUT2D eigenvalue weighted by atomic mass is 9.72. The molecule has 4 rings (SSSR count). The number of aryl methyl sites for hydroxylation is 1. The zero-order chi connectivity index (χ0) is 21.5. The molecule has 1 aromatic heterocycles. The molecule has 0 saturated carbocycles. The van der Waals surface area contributed by atoms with Gasteiger partial charge in [0.2, 0.25) is 0 Å². The predicted molar refractivity (Wildman–Crippen MR) is 146 cm³/mol. The van der Waals surface area contributed by atoms with Crippen LogP contribution in [-0.4, -0.2) is 57.3 Å². The van der Waals surface area contributed by atoms with Crippen LogP contribution in [-0.2, 0) is 10.2 Å². The maximum Gasteiger partial charge on any atom is 0.191 e. The van der Waals surface area contributed by atoms with Gasteiger partial charge in [-0.25, -0.2) is 0 Å². The van der Waals surface area contributed by atoms with Crippen molar-refractivity contribution < 1.29 is 4.74 Å². The minimum Gasteiger partial charge on any atom is -0.381 e. The predicted octanol–water partition coefficient (Wildman–Crippen LogP) is 4.72. The van der Waals surface area contributed by atoms with Crippen LogP contribution in [0, 0.1) is 6.92 Å². The smallest absolute Gasteiger partial charge is 0.191 e. The van der Waals surface area contributed by atoms with Crippen molar-refractivity contribution in [3.05, 3.63) is 57.8 Å². The summed E-state index contributed by atoms with van der Waals surface area (Å²) in [7, 11) is 1.87. The van der Waals surface area contributed by atoms with Gasteiger partial charge in [-0.2, -0.15) is 0 Å². The second-order valence-electron chi connectivity index (χ2n) is 8.79. The molecule has 0 aliphatic carbocycles. The number of benzene rings is 1. The van der Waals surface area contributed by atoms with Crippen LogP contribution in [0.1, 0.15) is 47.7 Å². The van der Waals surface area contributed by atoms with E-state index in [9.17, 15) is 0 Å².